The zero-order valence-electron chi connectivity index (χ0n) is 27.3. The Labute approximate surface area is 293 Å². The topological polar surface area (TPSA) is 112 Å². The van der Waals surface area contributed by atoms with E-state index in [-0.39, 0.29) is 50.2 Å². The van der Waals surface area contributed by atoms with Crippen molar-refractivity contribution in [1.82, 2.24) is 15.2 Å². The van der Waals surface area contributed by atoms with Gasteiger partial charge in [0.15, 0.2) is 17.4 Å². The zero-order valence-corrected chi connectivity index (χ0v) is 28.0. The maximum Gasteiger partial charge on any atom is 0.410 e. The van der Waals surface area contributed by atoms with Crippen molar-refractivity contribution in [3.05, 3.63) is 106 Å². The summed E-state index contributed by atoms with van der Waals surface area (Å²) in [7, 11) is 0. The van der Waals surface area contributed by atoms with Crippen LogP contribution in [-0.2, 0) is 27.3 Å². The molecule has 1 atom stereocenters. The maximum absolute atomic E-state index is 14.4. The summed E-state index contributed by atoms with van der Waals surface area (Å²) in [4.78, 5) is 35.3. The average molecular weight is 718 g/mol. The number of ether oxygens (including phenoxy) is 2. The smallest absolute Gasteiger partial charge is 0.410 e. The molecule has 2 amide bonds. The summed E-state index contributed by atoms with van der Waals surface area (Å²) in [5.74, 6) is -5.05. The Kier molecular flexibility index (Phi) is 13.1. The molecule has 268 valence electrons. The summed E-state index contributed by atoms with van der Waals surface area (Å²) in [6, 6.07) is 16.6. The fourth-order valence-corrected chi connectivity index (χ4v) is 5.96. The van der Waals surface area contributed by atoms with Crippen LogP contribution in [0, 0.1) is 23.4 Å². The largest absolute Gasteiger partial charge is 0.488 e. The lowest BCUT2D eigenvalue weighted by atomic mass is 9.87. The van der Waals surface area contributed by atoms with E-state index in [1.807, 2.05) is 53.4 Å². The number of nitrogens with zero attached hydrogens (tertiary/aromatic N) is 3. The van der Waals surface area contributed by atoms with Crippen molar-refractivity contribution in [1.29, 1.82) is 0 Å². The van der Waals surface area contributed by atoms with Crippen molar-refractivity contribution in [3.63, 3.8) is 0 Å². The van der Waals surface area contributed by atoms with Gasteiger partial charge in [0.2, 0.25) is 11.7 Å². The van der Waals surface area contributed by atoms with E-state index < -0.39 is 35.2 Å². The van der Waals surface area contributed by atoms with Crippen molar-refractivity contribution in [2.45, 2.75) is 51.1 Å². The van der Waals surface area contributed by atoms with E-state index in [2.05, 4.69) is 4.84 Å². The van der Waals surface area contributed by atoms with Crippen molar-refractivity contribution >= 4 is 29.2 Å². The molecule has 5 rings (SSSR count). The van der Waals surface area contributed by atoms with Gasteiger partial charge in [0.1, 0.15) is 0 Å². The third-order valence-corrected chi connectivity index (χ3v) is 8.92. The lowest BCUT2D eigenvalue weighted by molar-refractivity contribution is -0.492. The highest BCUT2D eigenvalue weighted by molar-refractivity contribution is 6.31. The van der Waals surface area contributed by atoms with Crippen molar-refractivity contribution in [2.75, 3.05) is 32.9 Å². The lowest BCUT2D eigenvalue weighted by Crippen LogP contribution is -2.47. The van der Waals surface area contributed by atoms with E-state index in [9.17, 15) is 22.8 Å². The summed E-state index contributed by atoms with van der Waals surface area (Å²) in [6.45, 7) is 0.765. The fraction of sp³-hybridized carbons (Fsp3) is 0.389. The van der Waals surface area contributed by atoms with Crippen LogP contribution in [0.2, 0.25) is 5.02 Å². The second-order valence-corrected chi connectivity index (χ2v) is 12.5. The first kappa shape index (κ1) is 37.1. The van der Waals surface area contributed by atoms with Gasteiger partial charge in [-0.1, -0.05) is 60.1 Å². The van der Waals surface area contributed by atoms with Gasteiger partial charge in [-0.05, 0) is 79.0 Å². The van der Waals surface area contributed by atoms with Gasteiger partial charge in [-0.15, -0.1) is 0 Å². The van der Waals surface area contributed by atoms with Crippen LogP contribution in [0.15, 0.2) is 66.7 Å². The highest BCUT2D eigenvalue weighted by atomic mass is 35.5. The molecule has 1 saturated carbocycles. The number of amides is 2. The van der Waals surface area contributed by atoms with E-state index in [1.165, 1.54) is 4.90 Å². The number of hydrogen-bond donors (Lipinski definition) is 2. The second kappa shape index (κ2) is 17.7. The van der Waals surface area contributed by atoms with Gasteiger partial charge in [0.05, 0.1) is 31.1 Å². The van der Waals surface area contributed by atoms with Crippen molar-refractivity contribution in [3.8, 4) is 5.75 Å². The molecule has 14 heteroatoms. The minimum atomic E-state index is -1.36. The first-order valence-electron chi connectivity index (χ1n) is 16.4. The van der Waals surface area contributed by atoms with Crippen molar-refractivity contribution in [2.24, 2.45) is 5.92 Å². The highest BCUT2D eigenvalue weighted by Crippen LogP contribution is 2.36. The molecule has 3 aromatic carbocycles. The summed E-state index contributed by atoms with van der Waals surface area (Å²) in [5.41, 5.74) is 3.36. The number of unbranched alkanes of at least 4 members (excludes halogenated alkanes) is 1. The Morgan fingerprint density at radius 1 is 0.900 bits per heavy atom. The predicted octanol–water partition coefficient (Wildman–Crippen LogP) is 7.20. The third kappa shape index (κ3) is 9.98. The van der Waals surface area contributed by atoms with Crippen LogP contribution in [0.5, 0.6) is 5.75 Å². The van der Waals surface area contributed by atoms with Gasteiger partial charge in [-0.3, -0.25) is 20.0 Å². The van der Waals surface area contributed by atoms with Crippen LogP contribution in [0.1, 0.15) is 48.8 Å². The monoisotopic (exact) mass is 717 g/mol. The van der Waals surface area contributed by atoms with Crippen LogP contribution in [0.4, 0.5) is 18.0 Å². The molecule has 50 heavy (non-hydrogen) atoms. The van der Waals surface area contributed by atoms with E-state index in [1.54, 1.807) is 6.07 Å². The summed E-state index contributed by atoms with van der Waals surface area (Å²) in [6.07, 6.45) is 4.84. The molecule has 3 aromatic rings. The molecule has 0 saturated heterocycles. The standard InChI is InChI=1S/C36H39ClF3N3O7/c37-30-8-2-1-7-26(30)22-42(27-13-14-27)35(44)29-23-41(36(45)49-19-3-4-21-50-43(46)47)18-17-28(29)25-11-9-24(10-12-25)6-5-20-48-34-32(39)16-15-31(38)33(34)40/h1-2,7-12,15-17,27,29,46-47H,3-6,13-14,18-23H2. The zero-order chi connectivity index (χ0) is 35.6. The highest BCUT2D eigenvalue weighted by Gasteiger charge is 2.40. The van der Waals surface area contributed by atoms with Gasteiger partial charge in [-0.25, -0.2) is 13.6 Å². The summed E-state index contributed by atoms with van der Waals surface area (Å²) >= 11 is 6.47. The average Bonchev–Trinajstić information content (AvgIpc) is 3.96. The minimum Gasteiger partial charge on any atom is -0.488 e. The molecule has 0 bridgehead atoms. The number of aryl methyl sites for hydroxylation is 1. The minimum absolute atomic E-state index is 0.0210. The summed E-state index contributed by atoms with van der Waals surface area (Å²) in [5, 5.41) is 17.4. The molecule has 1 heterocycles. The molecule has 10 nitrogen and oxygen atoms in total. The Morgan fingerprint density at radius 3 is 2.34 bits per heavy atom. The quantitative estimate of drug-likeness (QED) is 0.0909. The van der Waals surface area contributed by atoms with E-state index >= 15 is 0 Å². The third-order valence-electron chi connectivity index (χ3n) is 8.55. The molecule has 1 aliphatic heterocycles. The van der Waals surface area contributed by atoms with Crippen LogP contribution in [0.25, 0.3) is 5.57 Å². The Morgan fingerprint density at radius 2 is 1.62 bits per heavy atom. The Bertz CT molecular complexity index is 1660. The second-order valence-electron chi connectivity index (χ2n) is 12.1. The van der Waals surface area contributed by atoms with Gasteiger partial charge in [0, 0.05) is 30.7 Å². The molecular formula is C36H39ClF3N3O7. The Balaban J connectivity index is 1.27. The van der Waals surface area contributed by atoms with Gasteiger partial charge in [0.25, 0.3) is 0 Å². The number of hydrogen-bond acceptors (Lipinski definition) is 8. The van der Waals surface area contributed by atoms with Crippen LogP contribution in [0.3, 0.4) is 0 Å². The first-order valence-corrected chi connectivity index (χ1v) is 16.8. The number of benzene rings is 3. The number of carbonyl (C=O) groups is 2. The number of rotatable bonds is 16. The maximum atomic E-state index is 14.4. The molecule has 0 spiro atoms. The van der Waals surface area contributed by atoms with Gasteiger partial charge in [-0.2, -0.15) is 4.39 Å². The number of carbonyl (C=O) groups excluding carboxylic acids is 2. The van der Waals surface area contributed by atoms with Crippen molar-refractivity contribution < 1.29 is 47.5 Å². The molecule has 1 unspecified atom stereocenters. The predicted molar refractivity (Wildman–Crippen MR) is 177 cm³/mol. The molecule has 0 radical (unpaired) electrons. The fourth-order valence-electron chi connectivity index (χ4n) is 5.76. The van der Waals surface area contributed by atoms with E-state index in [0.29, 0.717) is 43.3 Å². The molecular weight excluding hydrogens is 679 g/mol. The molecule has 1 fully saturated rings. The van der Waals surface area contributed by atoms with Gasteiger partial charge >= 0.3 is 6.09 Å². The molecule has 2 N–H and O–H groups in total. The van der Waals surface area contributed by atoms with E-state index in [0.717, 1.165) is 41.2 Å². The van der Waals surface area contributed by atoms with E-state index in [4.69, 9.17) is 31.5 Å². The molecule has 1 aliphatic carbocycles. The first-order chi connectivity index (χ1) is 24.1. The van der Waals surface area contributed by atoms with Crippen LogP contribution in [-0.4, -0.2) is 76.6 Å². The van der Waals surface area contributed by atoms with Gasteiger partial charge < -0.3 is 19.3 Å². The molecule has 2 aliphatic rings. The normalized spacial score (nSPS) is 15.9. The number of halogens is 4. The Hall–Kier alpha value is -4.14. The van der Waals surface area contributed by atoms with Crippen LogP contribution < -0.4 is 4.74 Å². The molecule has 0 aromatic heterocycles. The summed E-state index contributed by atoms with van der Waals surface area (Å²) < 4.78 is 51.9. The SMILES string of the molecule is O=C(OCCCCON(O)O)N1CC=C(c2ccc(CCCOc3c(F)ccc(F)c3F)cc2)C(C(=O)N(Cc2ccccc2Cl)C2CC2)C1. The lowest BCUT2D eigenvalue weighted by Gasteiger charge is -2.35. The van der Waals surface area contributed by atoms with Crippen LogP contribution >= 0.6 is 11.6 Å².